The number of likely N-dealkylation sites (N-methyl/N-ethyl adjacent to an activating group) is 1. The largest absolute Gasteiger partial charge is 0.480 e. The number of hydrogen-bond acceptors (Lipinski definition) is 9. The summed E-state index contributed by atoms with van der Waals surface area (Å²) in [6.45, 7) is 1.10. The van der Waals surface area contributed by atoms with Gasteiger partial charge in [-0.05, 0) is 19.7 Å². The average Bonchev–Trinajstić information content (AvgIpc) is 3.02. The third-order valence-corrected chi connectivity index (χ3v) is 7.49. The molecule has 1 aliphatic rings. The van der Waals surface area contributed by atoms with Gasteiger partial charge in [0.25, 0.3) is 10.2 Å². The van der Waals surface area contributed by atoms with Crippen molar-refractivity contribution in [2.75, 3.05) is 26.2 Å². The molecule has 16 heteroatoms. The molecule has 1 fully saturated rings. The van der Waals surface area contributed by atoms with Crippen LogP contribution in [0, 0.1) is 5.92 Å². The van der Waals surface area contributed by atoms with E-state index in [1.165, 1.54) is 13.8 Å². The Hall–Kier alpha value is -1.82. The standard InChI is InChI=1S/C16H32BN5O9S/c1-3-22(12(14(24)25)7-20-13(23)10(2)18)32(30,31)21-8-11(5-4-6-17(28)29)16(19,9-21)15(26)27/h10-12,28-29H,3-9,18-19H2,1-2H3,(H,20,23)(H,24,25)(H,26,27)/t10-,11-,12-,16-/m0/s1. The minimum Gasteiger partial charge on any atom is -0.480 e. The number of carboxylic acid groups (broad SMARTS) is 2. The zero-order valence-electron chi connectivity index (χ0n) is 18.0. The van der Waals surface area contributed by atoms with E-state index in [1.807, 2.05) is 0 Å². The van der Waals surface area contributed by atoms with Crippen molar-refractivity contribution in [2.45, 2.75) is 50.6 Å². The summed E-state index contributed by atoms with van der Waals surface area (Å²) in [4.78, 5) is 35.3. The number of rotatable bonds is 13. The molecule has 1 saturated heterocycles. The fourth-order valence-corrected chi connectivity index (χ4v) is 5.43. The van der Waals surface area contributed by atoms with Gasteiger partial charge in [0.15, 0.2) is 0 Å². The van der Waals surface area contributed by atoms with E-state index >= 15 is 0 Å². The summed E-state index contributed by atoms with van der Waals surface area (Å²) in [7, 11) is -6.07. The van der Waals surface area contributed by atoms with Gasteiger partial charge in [-0.2, -0.15) is 17.0 Å². The second kappa shape index (κ2) is 11.4. The number of nitrogens with two attached hydrogens (primary N) is 2. The summed E-state index contributed by atoms with van der Waals surface area (Å²) in [5.41, 5.74) is 9.51. The van der Waals surface area contributed by atoms with Crippen LogP contribution in [0.3, 0.4) is 0 Å². The lowest BCUT2D eigenvalue weighted by atomic mass is 9.78. The van der Waals surface area contributed by atoms with Gasteiger partial charge in [-0.25, -0.2) is 0 Å². The van der Waals surface area contributed by atoms with E-state index in [-0.39, 0.29) is 32.3 Å². The minimum atomic E-state index is -4.48. The number of nitrogens with one attached hydrogen (secondary N) is 1. The van der Waals surface area contributed by atoms with Crippen LogP contribution >= 0.6 is 0 Å². The van der Waals surface area contributed by atoms with Gasteiger partial charge in [0.05, 0.1) is 6.04 Å². The van der Waals surface area contributed by atoms with Gasteiger partial charge >= 0.3 is 19.1 Å². The Bertz CT molecular complexity index is 797. The summed E-state index contributed by atoms with van der Waals surface area (Å²) >= 11 is 0. The van der Waals surface area contributed by atoms with Gasteiger partial charge in [-0.3, -0.25) is 14.4 Å². The molecule has 4 atom stereocenters. The molecule has 14 nitrogen and oxygen atoms in total. The molecule has 184 valence electrons. The Morgan fingerprint density at radius 3 is 2.34 bits per heavy atom. The van der Waals surface area contributed by atoms with E-state index < -0.39 is 71.8 Å². The lowest BCUT2D eigenvalue weighted by molar-refractivity contribution is -0.144. The molecule has 32 heavy (non-hydrogen) atoms. The van der Waals surface area contributed by atoms with Gasteiger partial charge in [0, 0.05) is 32.1 Å². The highest BCUT2D eigenvalue weighted by Crippen LogP contribution is 2.33. The van der Waals surface area contributed by atoms with Crippen molar-refractivity contribution in [1.82, 2.24) is 13.9 Å². The van der Waals surface area contributed by atoms with Crippen LogP contribution in [0.1, 0.15) is 26.7 Å². The van der Waals surface area contributed by atoms with Crippen molar-refractivity contribution < 1.29 is 43.1 Å². The Morgan fingerprint density at radius 2 is 1.91 bits per heavy atom. The van der Waals surface area contributed by atoms with Crippen LogP contribution in [0.15, 0.2) is 0 Å². The topological polar surface area (TPSA) is 237 Å². The molecular formula is C16H32BN5O9S. The van der Waals surface area contributed by atoms with Crippen molar-refractivity contribution in [1.29, 1.82) is 0 Å². The predicted molar refractivity (Wildman–Crippen MR) is 113 cm³/mol. The second-order valence-corrected chi connectivity index (χ2v) is 9.73. The van der Waals surface area contributed by atoms with E-state index in [0.717, 1.165) is 4.31 Å². The average molecular weight is 481 g/mol. The van der Waals surface area contributed by atoms with Crippen molar-refractivity contribution in [2.24, 2.45) is 17.4 Å². The van der Waals surface area contributed by atoms with E-state index in [0.29, 0.717) is 4.31 Å². The summed E-state index contributed by atoms with van der Waals surface area (Å²) in [6.07, 6.45) is 0.271. The highest BCUT2D eigenvalue weighted by Gasteiger charge is 2.54. The number of amides is 1. The first-order valence-electron chi connectivity index (χ1n) is 10.1. The first-order chi connectivity index (χ1) is 14.7. The minimum absolute atomic E-state index is 0.0413. The van der Waals surface area contributed by atoms with Gasteiger partial charge < -0.3 is 37.0 Å². The molecule has 0 aromatic heterocycles. The van der Waals surface area contributed by atoms with Crippen LogP contribution in [0.2, 0.25) is 6.32 Å². The summed E-state index contributed by atoms with van der Waals surface area (Å²) < 4.78 is 28.0. The van der Waals surface area contributed by atoms with Crippen LogP contribution in [-0.4, -0.2) is 106 Å². The van der Waals surface area contributed by atoms with Crippen LogP contribution in [-0.2, 0) is 24.6 Å². The van der Waals surface area contributed by atoms with Crippen molar-refractivity contribution in [3.63, 3.8) is 0 Å². The summed E-state index contributed by atoms with van der Waals surface area (Å²) in [5, 5.41) is 39.5. The van der Waals surface area contributed by atoms with E-state index in [1.54, 1.807) is 0 Å². The van der Waals surface area contributed by atoms with Crippen molar-refractivity contribution in [3.8, 4) is 0 Å². The predicted octanol–water partition coefficient (Wildman–Crippen LogP) is -3.56. The Morgan fingerprint density at radius 1 is 1.31 bits per heavy atom. The number of carbonyl (C=O) groups excluding carboxylic acids is 1. The molecule has 1 heterocycles. The maximum absolute atomic E-state index is 13.2. The highest BCUT2D eigenvalue weighted by molar-refractivity contribution is 7.86. The fourth-order valence-electron chi connectivity index (χ4n) is 3.57. The number of aliphatic carboxylic acids is 2. The molecule has 1 aliphatic heterocycles. The Labute approximate surface area is 186 Å². The summed E-state index contributed by atoms with van der Waals surface area (Å²) in [6, 6.07) is -2.59. The normalized spacial score (nSPS) is 23.7. The van der Waals surface area contributed by atoms with Gasteiger partial charge in [-0.1, -0.05) is 13.3 Å². The molecule has 0 saturated carbocycles. The van der Waals surface area contributed by atoms with Gasteiger partial charge in [0.1, 0.15) is 11.6 Å². The molecule has 0 aromatic rings. The summed E-state index contributed by atoms with van der Waals surface area (Å²) in [5.74, 6) is -4.44. The first kappa shape index (κ1) is 28.2. The fraction of sp³-hybridized carbons (Fsp3) is 0.812. The highest BCUT2D eigenvalue weighted by atomic mass is 32.2. The van der Waals surface area contributed by atoms with E-state index in [2.05, 4.69) is 5.32 Å². The van der Waals surface area contributed by atoms with Gasteiger partial charge in [-0.15, -0.1) is 0 Å². The number of hydrogen-bond donors (Lipinski definition) is 7. The second-order valence-electron chi connectivity index (χ2n) is 7.85. The van der Waals surface area contributed by atoms with E-state index in [9.17, 15) is 33.0 Å². The zero-order valence-corrected chi connectivity index (χ0v) is 18.9. The first-order valence-corrected chi connectivity index (χ1v) is 11.5. The van der Waals surface area contributed by atoms with Crippen LogP contribution in [0.4, 0.5) is 0 Å². The quantitative estimate of drug-likeness (QED) is 0.127. The molecule has 0 radical (unpaired) electrons. The molecular weight excluding hydrogens is 449 g/mol. The lowest BCUT2D eigenvalue weighted by Gasteiger charge is -2.31. The molecule has 0 unspecified atom stereocenters. The molecule has 0 aliphatic carbocycles. The SMILES string of the molecule is CCN([C@@H](CNC(=O)[C@H](C)N)C(=O)O)S(=O)(=O)N1C[C@H](CCCB(O)O)[C@](N)(C(=O)O)C1. The maximum Gasteiger partial charge on any atom is 0.451 e. The molecule has 0 spiro atoms. The number of nitrogens with zero attached hydrogens (tertiary/aromatic N) is 2. The molecule has 0 aromatic carbocycles. The van der Waals surface area contributed by atoms with Crippen LogP contribution in [0.25, 0.3) is 0 Å². The maximum atomic E-state index is 13.2. The Balaban J connectivity index is 3.14. The van der Waals surface area contributed by atoms with Crippen molar-refractivity contribution in [3.05, 3.63) is 0 Å². The number of carbonyl (C=O) groups is 3. The monoisotopic (exact) mass is 481 g/mol. The van der Waals surface area contributed by atoms with Crippen LogP contribution in [0.5, 0.6) is 0 Å². The molecule has 1 amide bonds. The third kappa shape index (κ3) is 6.60. The molecule has 0 bridgehead atoms. The Kier molecular flexibility index (Phi) is 10.0. The number of carboxylic acids is 2. The van der Waals surface area contributed by atoms with Crippen molar-refractivity contribution >= 4 is 35.2 Å². The third-order valence-electron chi connectivity index (χ3n) is 5.45. The van der Waals surface area contributed by atoms with Crippen LogP contribution < -0.4 is 16.8 Å². The zero-order chi connectivity index (χ0) is 24.9. The lowest BCUT2D eigenvalue weighted by Crippen LogP contribution is -2.58. The molecule has 1 rings (SSSR count). The van der Waals surface area contributed by atoms with E-state index in [4.69, 9.17) is 21.5 Å². The molecule has 9 N–H and O–H groups in total. The van der Waals surface area contributed by atoms with Gasteiger partial charge in [0.2, 0.25) is 5.91 Å². The smallest absolute Gasteiger partial charge is 0.451 e.